The van der Waals surface area contributed by atoms with Crippen molar-refractivity contribution in [2.24, 2.45) is 5.92 Å². The van der Waals surface area contributed by atoms with E-state index in [4.69, 9.17) is 9.47 Å². The molecule has 6 heteroatoms. The lowest BCUT2D eigenvalue weighted by Gasteiger charge is -2.36. The zero-order chi connectivity index (χ0) is 17.7. The number of nitrogens with zero attached hydrogens (tertiary/aromatic N) is 2. The molecule has 0 aromatic rings. The molecule has 0 unspecified atom stereocenters. The van der Waals surface area contributed by atoms with Crippen LogP contribution < -0.4 is 0 Å². The molecule has 24 heavy (non-hydrogen) atoms. The van der Waals surface area contributed by atoms with Crippen molar-refractivity contribution in [1.29, 1.82) is 0 Å². The fraction of sp³-hybridized carbons (Fsp3) is 0.889. The standard InChI is InChI=1S/C18H32N2O4/c1-18(2,3)24-17(22)20-10-5-6-15(9-13-20)19-11-7-14(8-12-19)16(21)23-4/h14-15H,5-13H2,1-4H3/t15-/m0/s1. The second kappa shape index (κ2) is 8.19. The Hall–Kier alpha value is -1.30. The average molecular weight is 340 g/mol. The topological polar surface area (TPSA) is 59.1 Å². The van der Waals surface area contributed by atoms with Crippen molar-refractivity contribution in [3.05, 3.63) is 0 Å². The van der Waals surface area contributed by atoms with Crippen LogP contribution in [0.15, 0.2) is 0 Å². The van der Waals surface area contributed by atoms with Gasteiger partial charge in [-0.3, -0.25) is 4.79 Å². The number of ether oxygens (including phenoxy) is 2. The Balaban J connectivity index is 1.81. The molecule has 2 saturated heterocycles. The smallest absolute Gasteiger partial charge is 0.410 e. The second-order valence-electron chi connectivity index (χ2n) is 7.89. The van der Waals surface area contributed by atoms with E-state index in [-0.39, 0.29) is 18.0 Å². The van der Waals surface area contributed by atoms with Crippen molar-refractivity contribution in [2.75, 3.05) is 33.3 Å². The largest absolute Gasteiger partial charge is 0.469 e. The Bertz CT molecular complexity index is 439. The van der Waals surface area contributed by atoms with Crippen LogP contribution in [-0.4, -0.2) is 66.8 Å². The summed E-state index contributed by atoms with van der Waals surface area (Å²) in [6.07, 6.45) is 4.62. The number of carbonyl (C=O) groups is 2. The quantitative estimate of drug-likeness (QED) is 0.723. The number of methoxy groups -OCH3 is 1. The van der Waals surface area contributed by atoms with Gasteiger partial charge in [0.05, 0.1) is 13.0 Å². The molecule has 1 atom stereocenters. The summed E-state index contributed by atoms with van der Waals surface area (Å²) in [5.41, 5.74) is -0.446. The zero-order valence-electron chi connectivity index (χ0n) is 15.5. The van der Waals surface area contributed by atoms with Crippen LogP contribution in [0.5, 0.6) is 0 Å². The molecule has 138 valence electrons. The number of piperidine rings is 1. The summed E-state index contributed by atoms with van der Waals surface area (Å²) in [6.45, 7) is 9.10. The Labute approximate surface area is 145 Å². The SMILES string of the molecule is COC(=O)C1CCN([C@H]2CCCN(C(=O)OC(C)(C)C)CC2)CC1. The van der Waals surface area contributed by atoms with Gasteiger partial charge in [-0.1, -0.05) is 0 Å². The molecule has 2 aliphatic rings. The molecular weight excluding hydrogens is 308 g/mol. The average Bonchev–Trinajstić information content (AvgIpc) is 2.79. The molecule has 0 aliphatic carbocycles. The van der Waals surface area contributed by atoms with Gasteiger partial charge in [-0.2, -0.15) is 0 Å². The predicted molar refractivity (Wildman–Crippen MR) is 91.8 cm³/mol. The third kappa shape index (κ3) is 5.36. The van der Waals surface area contributed by atoms with Crippen molar-refractivity contribution in [3.63, 3.8) is 0 Å². The molecule has 0 bridgehead atoms. The van der Waals surface area contributed by atoms with Gasteiger partial charge in [0.2, 0.25) is 0 Å². The first-order valence-corrected chi connectivity index (χ1v) is 9.10. The number of likely N-dealkylation sites (tertiary alicyclic amines) is 2. The van der Waals surface area contributed by atoms with Crippen LogP contribution in [0.4, 0.5) is 4.79 Å². The minimum Gasteiger partial charge on any atom is -0.469 e. The highest BCUT2D eigenvalue weighted by Gasteiger charge is 2.31. The fourth-order valence-electron chi connectivity index (χ4n) is 3.62. The van der Waals surface area contributed by atoms with E-state index in [1.165, 1.54) is 7.11 Å². The van der Waals surface area contributed by atoms with Crippen molar-refractivity contribution < 1.29 is 19.1 Å². The third-order valence-corrected chi connectivity index (χ3v) is 4.93. The van der Waals surface area contributed by atoms with E-state index in [0.717, 1.165) is 58.3 Å². The van der Waals surface area contributed by atoms with Crippen LogP contribution in [0.2, 0.25) is 0 Å². The predicted octanol–water partition coefficient (Wildman–Crippen LogP) is 2.66. The van der Waals surface area contributed by atoms with Crippen molar-refractivity contribution in [3.8, 4) is 0 Å². The van der Waals surface area contributed by atoms with Gasteiger partial charge in [0.1, 0.15) is 5.60 Å². The molecule has 2 heterocycles. The van der Waals surface area contributed by atoms with Gasteiger partial charge in [0.15, 0.2) is 0 Å². The van der Waals surface area contributed by atoms with Crippen LogP contribution in [0, 0.1) is 5.92 Å². The van der Waals surface area contributed by atoms with E-state index >= 15 is 0 Å². The Morgan fingerprint density at radius 2 is 1.62 bits per heavy atom. The van der Waals surface area contributed by atoms with Gasteiger partial charge in [0, 0.05) is 19.1 Å². The number of esters is 1. The lowest BCUT2D eigenvalue weighted by molar-refractivity contribution is -0.147. The summed E-state index contributed by atoms with van der Waals surface area (Å²) in [5.74, 6) is -0.0260. The molecule has 0 spiro atoms. The molecule has 2 fully saturated rings. The minimum atomic E-state index is -0.446. The van der Waals surface area contributed by atoms with Gasteiger partial charge < -0.3 is 19.3 Å². The lowest BCUT2D eigenvalue weighted by atomic mass is 9.94. The molecular formula is C18H32N2O4. The fourth-order valence-corrected chi connectivity index (χ4v) is 3.62. The van der Waals surface area contributed by atoms with E-state index < -0.39 is 5.60 Å². The lowest BCUT2D eigenvalue weighted by Crippen LogP contribution is -2.43. The summed E-state index contributed by atoms with van der Waals surface area (Å²) in [4.78, 5) is 28.2. The van der Waals surface area contributed by atoms with Crippen LogP contribution >= 0.6 is 0 Å². The van der Waals surface area contributed by atoms with Gasteiger partial charge in [0.25, 0.3) is 0 Å². The van der Waals surface area contributed by atoms with E-state index in [1.54, 1.807) is 0 Å². The van der Waals surface area contributed by atoms with Gasteiger partial charge in [-0.05, 0) is 66.0 Å². The molecule has 0 saturated carbocycles. The van der Waals surface area contributed by atoms with Gasteiger partial charge in [-0.15, -0.1) is 0 Å². The van der Waals surface area contributed by atoms with E-state index in [0.29, 0.717) is 6.04 Å². The van der Waals surface area contributed by atoms with Gasteiger partial charge in [-0.25, -0.2) is 4.79 Å². The van der Waals surface area contributed by atoms with Crippen LogP contribution in [0.1, 0.15) is 52.9 Å². The molecule has 2 aliphatic heterocycles. The normalized spacial score (nSPS) is 24.3. The Kier molecular flexibility index (Phi) is 6.49. The third-order valence-electron chi connectivity index (χ3n) is 4.93. The number of amides is 1. The first kappa shape index (κ1) is 19.0. The molecule has 0 aromatic heterocycles. The molecule has 1 amide bonds. The van der Waals surface area contributed by atoms with E-state index in [2.05, 4.69) is 4.90 Å². The summed E-state index contributed by atoms with van der Waals surface area (Å²) in [6, 6.07) is 0.496. The van der Waals surface area contributed by atoms with Crippen LogP contribution in [0.25, 0.3) is 0 Å². The van der Waals surface area contributed by atoms with Crippen LogP contribution in [-0.2, 0) is 14.3 Å². The van der Waals surface area contributed by atoms with Crippen molar-refractivity contribution in [2.45, 2.75) is 64.5 Å². The highest BCUT2D eigenvalue weighted by atomic mass is 16.6. The molecule has 6 nitrogen and oxygen atoms in total. The zero-order valence-corrected chi connectivity index (χ0v) is 15.5. The molecule has 0 aromatic carbocycles. The Morgan fingerprint density at radius 1 is 0.958 bits per heavy atom. The highest BCUT2D eigenvalue weighted by Crippen LogP contribution is 2.25. The van der Waals surface area contributed by atoms with E-state index in [9.17, 15) is 9.59 Å². The molecule has 2 rings (SSSR count). The van der Waals surface area contributed by atoms with Crippen molar-refractivity contribution >= 4 is 12.1 Å². The minimum absolute atomic E-state index is 0.0512. The molecule has 0 radical (unpaired) electrons. The number of hydrogen-bond donors (Lipinski definition) is 0. The summed E-state index contributed by atoms with van der Waals surface area (Å²) in [5, 5.41) is 0. The molecule has 0 N–H and O–H groups in total. The number of rotatable bonds is 2. The summed E-state index contributed by atoms with van der Waals surface area (Å²) >= 11 is 0. The van der Waals surface area contributed by atoms with E-state index in [1.807, 2.05) is 25.7 Å². The van der Waals surface area contributed by atoms with Crippen molar-refractivity contribution in [1.82, 2.24) is 9.80 Å². The summed E-state index contributed by atoms with van der Waals surface area (Å²) in [7, 11) is 1.46. The number of carbonyl (C=O) groups excluding carboxylic acids is 2. The Morgan fingerprint density at radius 3 is 2.21 bits per heavy atom. The summed E-state index contributed by atoms with van der Waals surface area (Å²) < 4.78 is 10.3. The monoisotopic (exact) mass is 340 g/mol. The maximum atomic E-state index is 12.2. The highest BCUT2D eigenvalue weighted by molar-refractivity contribution is 5.72. The van der Waals surface area contributed by atoms with Gasteiger partial charge >= 0.3 is 12.1 Å². The first-order valence-electron chi connectivity index (χ1n) is 9.10. The number of hydrogen-bond acceptors (Lipinski definition) is 5. The first-order chi connectivity index (χ1) is 11.3. The second-order valence-corrected chi connectivity index (χ2v) is 7.89. The maximum Gasteiger partial charge on any atom is 0.410 e. The van der Waals surface area contributed by atoms with Crippen LogP contribution in [0.3, 0.4) is 0 Å². The maximum absolute atomic E-state index is 12.2.